The van der Waals surface area contributed by atoms with Crippen LogP contribution in [0.3, 0.4) is 0 Å². The Morgan fingerprint density at radius 1 is 1.09 bits per heavy atom. The molecule has 0 saturated heterocycles. The van der Waals surface area contributed by atoms with Crippen molar-refractivity contribution < 1.29 is 29.7 Å². The number of allylic oxidation sites excluding steroid dienone is 4. The number of aliphatic hydroxyl groups excluding tert-OH is 2. The van der Waals surface area contributed by atoms with Gasteiger partial charge in [0.2, 0.25) is 5.91 Å². The minimum Gasteiger partial charge on any atom is -0.393 e. The SMILES string of the molecule is CCN(CC)CC(=O)Nc1c(C)cccc1C.C[C@]12C=CC(=O)C=C1CC[C@@H]1[C@@H]2[C@@H](O)C[C@@]2(C)[C@H]1CC[C@]2(O)C(=O)CO. The summed E-state index contributed by atoms with van der Waals surface area (Å²) in [5.41, 5.74) is 1.63. The Labute approximate surface area is 256 Å². The normalized spacial score (nSPS) is 34.4. The molecule has 236 valence electrons. The topological polar surface area (TPSA) is 127 Å². The van der Waals surface area contributed by atoms with Crippen molar-refractivity contribution in [3.05, 3.63) is 53.1 Å². The number of ketones is 2. The molecule has 0 aromatic heterocycles. The van der Waals surface area contributed by atoms with Crippen molar-refractivity contribution in [2.24, 2.45) is 28.6 Å². The van der Waals surface area contributed by atoms with Crippen LogP contribution in [0.4, 0.5) is 5.69 Å². The number of aryl methyl sites for hydroxylation is 2. The van der Waals surface area contributed by atoms with E-state index in [-0.39, 0.29) is 34.9 Å². The molecule has 4 N–H and O–H groups in total. The fraction of sp³-hybridized carbons (Fsp3) is 0.629. The first-order valence-corrected chi connectivity index (χ1v) is 15.8. The fourth-order valence-electron chi connectivity index (χ4n) is 8.76. The first-order valence-electron chi connectivity index (χ1n) is 15.8. The van der Waals surface area contributed by atoms with Gasteiger partial charge < -0.3 is 20.6 Å². The number of carbonyl (C=O) groups excluding carboxylic acids is 3. The lowest BCUT2D eigenvalue weighted by molar-refractivity contribution is -0.178. The maximum atomic E-state index is 12.4. The summed E-state index contributed by atoms with van der Waals surface area (Å²) in [6, 6.07) is 6.03. The van der Waals surface area contributed by atoms with Crippen LogP contribution in [0.15, 0.2) is 42.0 Å². The average Bonchev–Trinajstić information content (AvgIpc) is 3.24. The molecule has 1 aromatic rings. The number of para-hydroxylation sites is 1. The molecule has 4 aliphatic rings. The van der Waals surface area contributed by atoms with Gasteiger partial charge in [0.1, 0.15) is 12.2 Å². The van der Waals surface area contributed by atoms with Gasteiger partial charge in [0.05, 0.1) is 12.6 Å². The van der Waals surface area contributed by atoms with E-state index in [0.717, 1.165) is 54.7 Å². The second kappa shape index (κ2) is 12.8. The molecule has 1 amide bonds. The molecule has 3 saturated carbocycles. The van der Waals surface area contributed by atoms with Crippen molar-refractivity contribution in [1.29, 1.82) is 0 Å². The summed E-state index contributed by atoms with van der Waals surface area (Å²) in [5, 5.41) is 34.7. The minimum atomic E-state index is -1.56. The van der Waals surface area contributed by atoms with Crippen LogP contribution in [0.2, 0.25) is 0 Å². The molecule has 8 heteroatoms. The molecule has 0 heterocycles. The Kier molecular flexibility index (Phi) is 9.86. The summed E-state index contributed by atoms with van der Waals surface area (Å²) < 4.78 is 0. The van der Waals surface area contributed by atoms with E-state index in [1.807, 2.05) is 45.0 Å². The summed E-state index contributed by atoms with van der Waals surface area (Å²) in [4.78, 5) is 38.2. The fourth-order valence-corrected chi connectivity index (χ4v) is 8.76. The first-order chi connectivity index (χ1) is 20.2. The highest BCUT2D eigenvalue weighted by Crippen LogP contribution is 2.67. The van der Waals surface area contributed by atoms with Gasteiger partial charge in [-0.05, 0) is 94.2 Å². The standard InChI is InChI=1S/C21H28O5.C14H22N2O/c1-19-7-5-13(23)9-12(19)3-4-14-15-6-8-21(26,17(25)11-22)20(15,2)10-16(24)18(14)19;1-5-16(6-2)10-13(17)15-14-11(3)8-7-9-12(14)4/h5,7,9,14-16,18,22,24,26H,3-4,6,8,10-11H2,1-2H3;7-9H,5-6,10H2,1-4H3,(H,15,17)/t14-,15-,16-,18+,19-,20-,21-;/m0./s1. The van der Waals surface area contributed by atoms with Gasteiger partial charge in [-0.2, -0.15) is 0 Å². The Morgan fingerprint density at radius 2 is 1.74 bits per heavy atom. The van der Waals surface area contributed by atoms with E-state index in [1.54, 1.807) is 12.2 Å². The zero-order valence-electron chi connectivity index (χ0n) is 26.7. The number of hydrogen-bond acceptors (Lipinski definition) is 7. The number of Topliss-reactive ketones (excluding diaryl/α,β-unsaturated/α-hetero) is 1. The summed E-state index contributed by atoms with van der Waals surface area (Å²) >= 11 is 0. The van der Waals surface area contributed by atoms with Crippen molar-refractivity contribution in [1.82, 2.24) is 4.90 Å². The van der Waals surface area contributed by atoms with Crippen LogP contribution >= 0.6 is 0 Å². The van der Waals surface area contributed by atoms with Crippen LogP contribution in [0.25, 0.3) is 0 Å². The second-order valence-corrected chi connectivity index (χ2v) is 13.5. The molecular formula is C35H50N2O6. The van der Waals surface area contributed by atoms with Crippen LogP contribution < -0.4 is 5.32 Å². The lowest BCUT2D eigenvalue weighted by Gasteiger charge is -2.59. The maximum absolute atomic E-state index is 12.4. The number of amides is 1. The molecule has 0 spiro atoms. The van der Waals surface area contributed by atoms with Gasteiger partial charge in [-0.1, -0.05) is 57.5 Å². The van der Waals surface area contributed by atoms with Crippen molar-refractivity contribution in [3.63, 3.8) is 0 Å². The molecule has 5 rings (SSSR count). The zero-order chi connectivity index (χ0) is 31.7. The first kappa shape index (κ1) is 33.2. The van der Waals surface area contributed by atoms with E-state index in [1.165, 1.54) is 0 Å². The number of nitrogens with one attached hydrogen (secondary N) is 1. The lowest BCUT2D eigenvalue weighted by atomic mass is 9.46. The van der Waals surface area contributed by atoms with Crippen molar-refractivity contribution >= 4 is 23.2 Å². The van der Waals surface area contributed by atoms with Crippen molar-refractivity contribution in [2.75, 3.05) is 31.6 Å². The van der Waals surface area contributed by atoms with E-state index in [9.17, 15) is 29.7 Å². The highest BCUT2D eigenvalue weighted by Gasteiger charge is 2.67. The highest BCUT2D eigenvalue weighted by atomic mass is 16.3. The number of anilines is 1. The van der Waals surface area contributed by atoms with E-state index in [4.69, 9.17) is 0 Å². The van der Waals surface area contributed by atoms with Gasteiger partial charge in [0, 0.05) is 22.4 Å². The zero-order valence-corrected chi connectivity index (χ0v) is 26.7. The van der Waals surface area contributed by atoms with Gasteiger partial charge in [-0.15, -0.1) is 0 Å². The molecule has 1 aromatic carbocycles. The van der Waals surface area contributed by atoms with Gasteiger partial charge in [0.25, 0.3) is 0 Å². The summed E-state index contributed by atoms with van der Waals surface area (Å²) in [5.74, 6) is -0.165. The smallest absolute Gasteiger partial charge is 0.238 e. The number of benzene rings is 1. The summed E-state index contributed by atoms with van der Waals surface area (Å²) in [6.45, 7) is 13.8. The summed E-state index contributed by atoms with van der Waals surface area (Å²) in [6.07, 6.45) is 7.68. The Hall–Kier alpha value is -2.65. The Balaban J connectivity index is 0.000000217. The number of aliphatic hydroxyl groups is 3. The Morgan fingerprint density at radius 3 is 2.35 bits per heavy atom. The third-order valence-corrected chi connectivity index (χ3v) is 11.3. The predicted octanol–water partition coefficient (Wildman–Crippen LogP) is 4.14. The molecule has 4 aliphatic carbocycles. The van der Waals surface area contributed by atoms with Crippen molar-refractivity contribution in [2.45, 2.75) is 85.4 Å². The summed E-state index contributed by atoms with van der Waals surface area (Å²) in [7, 11) is 0. The van der Waals surface area contributed by atoms with Crippen LogP contribution in [-0.4, -0.2) is 75.6 Å². The van der Waals surface area contributed by atoms with Crippen LogP contribution in [0, 0.1) is 42.4 Å². The number of likely N-dealkylation sites (N-methyl/N-ethyl adjacent to an activating group) is 1. The number of fused-ring (bicyclic) bond motifs is 5. The number of nitrogens with zero attached hydrogens (tertiary/aromatic N) is 1. The minimum absolute atomic E-state index is 0.00912. The van der Waals surface area contributed by atoms with E-state index in [0.29, 0.717) is 19.4 Å². The second-order valence-electron chi connectivity index (χ2n) is 13.5. The molecule has 7 atom stereocenters. The predicted molar refractivity (Wildman–Crippen MR) is 167 cm³/mol. The number of hydrogen-bond donors (Lipinski definition) is 4. The average molecular weight is 595 g/mol. The van der Waals surface area contributed by atoms with Gasteiger partial charge in [-0.3, -0.25) is 19.3 Å². The largest absolute Gasteiger partial charge is 0.393 e. The number of carbonyl (C=O) groups is 3. The van der Waals surface area contributed by atoms with Crippen LogP contribution in [0.1, 0.15) is 70.9 Å². The molecule has 3 fully saturated rings. The third kappa shape index (κ3) is 5.91. The molecule has 8 nitrogen and oxygen atoms in total. The van der Waals surface area contributed by atoms with Crippen molar-refractivity contribution in [3.8, 4) is 0 Å². The third-order valence-electron chi connectivity index (χ3n) is 11.3. The van der Waals surface area contributed by atoms with Gasteiger partial charge >= 0.3 is 0 Å². The molecule has 0 radical (unpaired) electrons. The van der Waals surface area contributed by atoms with E-state index < -0.39 is 29.5 Å². The molecule has 0 unspecified atom stereocenters. The van der Waals surface area contributed by atoms with E-state index >= 15 is 0 Å². The molecule has 43 heavy (non-hydrogen) atoms. The molecule has 0 bridgehead atoms. The van der Waals surface area contributed by atoms with Crippen LogP contribution in [0.5, 0.6) is 0 Å². The Bertz CT molecular complexity index is 1280. The highest BCUT2D eigenvalue weighted by molar-refractivity contribution is 6.01. The maximum Gasteiger partial charge on any atom is 0.238 e. The molecular weight excluding hydrogens is 544 g/mol. The van der Waals surface area contributed by atoms with Crippen LogP contribution in [-0.2, 0) is 14.4 Å². The van der Waals surface area contributed by atoms with Gasteiger partial charge in [-0.25, -0.2) is 0 Å². The number of rotatable bonds is 7. The van der Waals surface area contributed by atoms with Gasteiger partial charge in [0.15, 0.2) is 11.6 Å². The monoisotopic (exact) mass is 594 g/mol. The molecule has 0 aliphatic heterocycles. The lowest BCUT2D eigenvalue weighted by Crippen LogP contribution is -2.61. The quantitative estimate of drug-likeness (QED) is 0.374. The van der Waals surface area contributed by atoms with E-state index in [2.05, 4.69) is 31.0 Å².